The highest BCUT2D eigenvalue weighted by atomic mass is 14.4. The van der Waals surface area contributed by atoms with Gasteiger partial charge >= 0.3 is 0 Å². The predicted octanol–water partition coefficient (Wildman–Crippen LogP) is 4.28. The molecule has 78 valence electrons. The van der Waals surface area contributed by atoms with Crippen LogP contribution in [0.4, 0.5) is 0 Å². The van der Waals surface area contributed by atoms with Gasteiger partial charge in [0.05, 0.1) is 0 Å². The Morgan fingerprint density at radius 2 is 1.73 bits per heavy atom. The summed E-state index contributed by atoms with van der Waals surface area (Å²) in [6.07, 6.45) is 9.59. The summed E-state index contributed by atoms with van der Waals surface area (Å²) in [5.74, 6) is 1.84. The van der Waals surface area contributed by atoms with E-state index in [0.717, 1.165) is 11.8 Å². The largest absolute Gasteiger partial charge is 0.0801 e. The molecular weight excluding hydrogens is 180 g/mol. The van der Waals surface area contributed by atoms with Crippen LogP contribution in [0.3, 0.4) is 0 Å². The summed E-state index contributed by atoms with van der Waals surface area (Å²) in [5.41, 5.74) is 3.10. The van der Waals surface area contributed by atoms with E-state index in [2.05, 4.69) is 36.4 Å². The van der Waals surface area contributed by atoms with Crippen LogP contribution in [0, 0.1) is 11.8 Å². The van der Waals surface area contributed by atoms with Gasteiger partial charge in [-0.25, -0.2) is 0 Å². The number of fused-ring (bicyclic) bond motifs is 1. The summed E-state index contributed by atoms with van der Waals surface area (Å²) < 4.78 is 0. The van der Waals surface area contributed by atoms with Gasteiger partial charge in [0.2, 0.25) is 0 Å². The molecule has 0 amide bonds. The summed E-state index contributed by atoms with van der Waals surface area (Å²) in [5, 5.41) is 0. The second kappa shape index (κ2) is 3.84. The first-order valence-electron chi connectivity index (χ1n) is 6.20. The van der Waals surface area contributed by atoms with E-state index in [1.807, 2.05) is 0 Å². The van der Waals surface area contributed by atoms with Crippen molar-refractivity contribution in [3.8, 4) is 0 Å². The van der Waals surface area contributed by atoms with Crippen molar-refractivity contribution < 1.29 is 0 Å². The van der Waals surface area contributed by atoms with Crippen LogP contribution in [0.2, 0.25) is 0 Å². The zero-order valence-electron chi connectivity index (χ0n) is 9.15. The van der Waals surface area contributed by atoms with E-state index in [-0.39, 0.29) is 0 Å². The SMILES string of the molecule is C1=C(c2ccccc2)[C@H]2CCCC[C@H]2C1. The average molecular weight is 198 g/mol. The van der Waals surface area contributed by atoms with Gasteiger partial charge in [0, 0.05) is 0 Å². The Hall–Kier alpha value is -1.04. The predicted molar refractivity (Wildman–Crippen MR) is 64.5 cm³/mol. The Morgan fingerprint density at radius 3 is 2.60 bits per heavy atom. The van der Waals surface area contributed by atoms with Crippen molar-refractivity contribution >= 4 is 5.57 Å². The van der Waals surface area contributed by atoms with E-state index < -0.39 is 0 Å². The van der Waals surface area contributed by atoms with Crippen molar-refractivity contribution in [2.75, 3.05) is 0 Å². The van der Waals surface area contributed by atoms with Crippen molar-refractivity contribution in [3.05, 3.63) is 42.0 Å². The molecule has 3 rings (SSSR count). The van der Waals surface area contributed by atoms with E-state index >= 15 is 0 Å². The van der Waals surface area contributed by atoms with Crippen LogP contribution in [0.1, 0.15) is 37.7 Å². The van der Waals surface area contributed by atoms with Crippen LogP contribution in [0.5, 0.6) is 0 Å². The summed E-state index contributed by atoms with van der Waals surface area (Å²) >= 11 is 0. The van der Waals surface area contributed by atoms with Crippen molar-refractivity contribution in [2.45, 2.75) is 32.1 Å². The number of hydrogen-bond donors (Lipinski definition) is 0. The Morgan fingerprint density at radius 1 is 0.933 bits per heavy atom. The number of rotatable bonds is 1. The highest BCUT2D eigenvalue weighted by Gasteiger charge is 2.31. The third-order valence-electron chi connectivity index (χ3n) is 4.06. The quantitative estimate of drug-likeness (QED) is 0.632. The Balaban J connectivity index is 1.88. The summed E-state index contributed by atoms with van der Waals surface area (Å²) in [6.45, 7) is 0. The topological polar surface area (TPSA) is 0 Å². The lowest BCUT2D eigenvalue weighted by molar-refractivity contribution is 0.311. The highest BCUT2D eigenvalue weighted by Crippen LogP contribution is 2.46. The standard InChI is InChI=1S/C15H18/c1-2-6-12(7-3-1)15-11-10-13-8-4-5-9-14(13)15/h1-3,6-7,11,13-14H,4-5,8-10H2/t13-,14-/m0/s1. The maximum atomic E-state index is 2.50. The Kier molecular flexibility index (Phi) is 2.36. The molecule has 2 aliphatic rings. The van der Waals surface area contributed by atoms with Crippen molar-refractivity contribution in [2.24, 2.45) is 11.8 Å². The fraction of sp³-hybridized carbons (Fsp3) is 0.467. The number of hydrogen-bond acceptors (Lipinski definition) is 0. The van der Waals surface area contributed by atoms with Gasteiger partial charge < -0.3 is 0 Å². The van der Waals surface area contributed by atoms with Crippen molar-refractivity contribution in [3.63, 3.8) is 0 Å². The van der Waals surface area contributed by atoms with Gasteiger partial charge in [-0.2, -0.15) is 0 Å². The monoisotopic (exact) mass is 198 g/mol. The van der Waals surface area contributed by atoms with Gasteiger partial charge in [-0.05, 0) is 42.2 Å². The lowest BCUT2D eigenvalue weighted by atomic mass is 9.77. The fourth-order valence-electron chi connectivity index (χ4n) is 3.29. The van der Waals surface area contributed by atoms with E-state index in [1.54, 1.807) is 5.57 Å². The minimum atomic E-state index is 0.876. The Bertz CT molecular complexity index is 361. The molecular formula is C15H18. The van der Waals surface area contributed by atoms with Gasteiger partial charge in [-0.3, -0.25) is 0 Å². The molecule has 0 bridgehead atoms. The minimum Gasteiger partial charge on any atom is -0.0801 e. The zero-order valence-corrected chi connectivity index (χ0v) is 9.15. The lowest BCUT2D eigenvalue weighted by Crippen LogP contribution is -2.15. The van der Waals surface area contributed by atoms with Crippen LogP contribution in [0.25, 0.3) is 5.57 Å². The normalized spacial score (nSPS) is 29.7. The van der Waals surface area contributed by atoms with E-state index in [1.165, 1.54) is 37.7 Å². The van der Waals surface area contributed by atoms with E-state index in [9.17, 15) is 0 Å². The first-order valence-corrected chi connectivity index (χ1v) is 6.20. The van der Waals surface area contributed by atoms with Gasteiger partial charge in [-0.1, -0.05) is 49.2 Å². The van der Waals surface area contributed by atoms with Crippen LogP contribution in [-0.4, -0.2) is 0 Å². The number of benzene rings is 1. The van der Waals surface area contributed by atoms with Crippen LogP contribution < -0.4 is 0 Å². The Labute approximate surface area is 92.0 Å². The summed E-state index contributed by atoms with van der Waals surface area (Å²) in [7, 11) is 0. The van der Waals surface area contributed by atoms with Gasteiger partial charge in [0.1, 0.15) is 0 Å². The molecule has 2 aliphatic carbocycles. The van der Waals surface area contributed by atoms with Gasteiger partial charge in [0.15, 0.2) is 0 Å². The molecule has 0 heterocycles. The molecule has 0 aromatic heterocycles. The third-order valence-corrected chi connectivity index (χ3v) is 4.06. The molecule has 0 radical (unpaired) electrons. The molecule has 0 heteroatoms. The summed E-state index contributed by atoms with van der Waals surface area (Å²) in [6, 6.07) is 11.0. The molecule has 0 spiro atoms. The number of allylic oxidation sites excluding steroid dienone is 2. The minimum absolute atomic E-state index is 0.876. The third kappa shape index (κ3) is 1.62. The molecule has 0 aliphatic heterocycles. The van der Waals surface area contributed by atoms with Crippen LogP contribution >= 0.6 is 0 Å². The zero-order chi connectivity index (χ0) is 10.1. The lowest BCUT2D eigenvalue weighted by Gasteiger charge is -2.27. The molecule has 1 aromatic carbocycles. The molecule has 1 aromatic rings. The van der Waals surface area contributed by atoms with Gasteiger partial charge in [-0.15, -0.1) is 0 Å². The second-order valence-electron chi connectivity index (χ2n) is 4.91. The van der Waals surface area contributed by atoms with E-state index in [0.29, 0.717) is 0 Å². The smallest absolute Gasteiger partial charge is 0.0128 e. The van der Waals surface area contributed by atoms with Crippen LogP contribution in [-0.2, 0) is 0 Å². The molecule has 0 N–H and O–H groups in total. The second-order valence-corrected chi connectivity index (χ2v) is 4.91. The molecule has 0 saturated heterocycles. The van der Waals surface area contributed by atoms with E-state index in [4.69, 9.17) is 0 Å². The molecule has 0 unspecified atom stereocenters. The molecule has 0 nitrogen and oxygen atoms in total. The molecule has 15 heavy (non-hydrogen) atoms. The van der Waals surface area contributed by atoms with Crippen LogP contribution in [0.15, 0.2) is 36.4 Å². The molecule has 1 fully saturated rings. The average Bonchev–Trinajstić information content (AvgIpc) is 2.74. The molecule has 1 saturated carbocycles. The van der Waals surface area contributed by atoms with Gasteiger partial charge in [0.25, 0.3) is 0 Å². The highest BCUT2D eigenvalue weighted by molar-refractivity contribution is 5.69. The fourth-order valence-corrected chi connectivity index (χ4v) is 3.29. The van der Waals surface area contributed by atoms with Crippen molar-refractivity contribution in [1.29, 1.82) is 0 Å². The first kappa shape index (κ1) is 9.21. The maximum absolute atomic E-state index is 2.50. The summed E-state index contributed by atoms with van der Waals surface area (Å²) in [4.78, 5) is 0. The molecule has 2 atom stereocenters. The van der Waals surface area contributed by atoms with Crippen molar-refractivity contribution in [1.82, 2.24) is 0 Å². The first-order chi connectivity index (χ1) is 7.45. The maximum Gasteiger partial charge on any atom is -0.0128 e.